The van der Waals surface area contributed by atoms with Gasteiger partial charge in [0.2, 0.25) is 11.7 Å². The molecule has 0 saturated heterocycles. The number of carbonyl (C=O) groups excluding carboxylic acids is 1. The number of nitrogens with zero attached hydrogens (tertiary/aromatic N) is 3. The van der Waals surface area contributed by atoms with Gasteiger partial charge in [-0.25, -0.2) is 9.97 Å². The second kappa shape index (κ2) is 8.73. The summed E-state index contributed by atoms with van der Waals surface area (Å²) in [4.78, 5) is 24.6. The Kier molecular flexibility index (Phi) is 5.62. The van der Waals surface area contributed by atoms with Crippen molar-refractivity contribution in [2.75, 3.05) is 32.8 Å². The van der Waals surface area contributed by atoms with Gasteiger partial charge in [-0.3, -0.25) is 4.79 Å². The number of ether oxygens (including phenoxy) is 3. The third-order valence-corrected chi connectivity index (χ3v) is 6.60. The summed E-state index contributed by atoms with van der Waals surface area (Å²) in [6.45, 7) is 1.64. The molecule has 7 heteroatoms. The molecule has 2 heterocycles. The van der Waals surface area contributed by atoms with E-state index >= 15 is 0 Å². The third-order valence-electron chi connectivity index (χ3n) is 6.60. The number of Topliss-reactive ketones (excluding diaryl/α,β-unsaturated/α-hetero) is 1. The Morgan fingerprint density at radius 1 is 0.970 bits per heavy atom. The summed E-state index contributed by atoms with van der Waals surface area (Å²) in [6.07, 6.45) is 3.71. The monoisotopic (exact) mass is 445 g/mol. The second-order valence-electron chi connectivity index (χ2n) is 8.46. The van der Waals surface area contributed by atoms with E-state index in [0.717, 1.165) is 30.8 Å². The molecule has 0 saturated carbocycles. The Balaban J connectivity index is 1.45. The van der Waals surface area contributed by atoms with Gasteiger partial charge < -0.3 is 19.1 Å². The van der Waals surface area contributed by atoms with Crippen molar-refractivity contribution in [3.05, 3.63) is 70.5 Å². The van der Waals surface area contributed by atoms with E-state index in [1.807, 2.05) is 12.1 Å². The first kappa shape index (κ1) is 21.2. The van der Waals surface area contributed by atoms with Gasteiger partial charge in [0.1, 0.15) is 0 Å². The summed E-state index contributed by atoms with van der Waals surface area (Å²) >= 11 is 0. The van der Waals surface area contributed by atoms with Crippen LogP contribution in [-0.4, -0.2) is 43.6 Å². The van der Waals surface area contributed by atoms with Gasteiger partial charge in [-0.15, -0.1) is 0 Å². The van der Waals surface area contributed by atoms with Crippen molar-refractivity contribution in [1.82, 2.24) is 9.97 Å². The predicted molar refractivity (Wildman–Crippen MR) is 125 cm³/mol. The minimum Gasteiger partial charge on any atom is -0.493 e. The summed E-state index contributed by atoms with van der Waals surface area (Å²) < 4.78 is 16.5. The maximum atomic E-state index is 13.0. The molecule has 1 unspecified atom stereocenters. The maximum absolute atomic E-state index is 13.0. The maximum Gasteiger partial charge on any atom is 0.225 e. The van der Waals surface area contributed by atoms with Crippen LogP contribution in [0.4, 0.5) is 5.95 Å². The van der Waals surface area contributed by atoms with E-state index in [4.69, 9.17) is 19.2 Å². The SMILES string of the molecule is COc1cc(C2CC(=O)c3cnc(N4CCc5ccccc5C4)nc3C2)cc(OC)c1OC. The van der Waals surface area contributed by atoms with Crippen molar-refractivity contribution in [2.45, 2.75) is 31.7 Å². The Hall–Kier alpha value is -3.61. The molecule has 0 bridgehead atoms. The van der Waals surface area contributed by atoms with Crippen LogP contribution >= 0.6 is 0 Å². The van der Waals surface area contributed by atoms with Crippen LogP contribution in [0.5, 0.6) is 17.2 Å². The lowest BCUT2D eigenvalue weighted by Crippen LogP contribution is -2.32. The van der Waals surface area contributed by atoms with Crippen molar-refractivity contribution >= 4 is 11.7 Å². The van der Waals surface area contributed by atoms with Crippen LogP contribution in [-0.2, 0) is 19.4 Å². The number of ketones is 1. The Labute approximate surface area is 193 Å². The van der Waals surface area contributed by atoms with Crippen molar-refractivity contribution in [1.29, 1.82) is 0 Å². The molecule has 7 nitrogen and oxygen atoms in total. The van der Waals surface area contributed by atoms with Crippen molar-refractivity contribution in [3.8, 4) is 17.2 Å². The van der Waals surface area contributed by atoms with E-state index in [0.29, 0.717) is 41.6 Å². The summed E-state index contributed by atoms with van der Waals surface area (Å²) in [5.41, 5.74) is 5.07. The number of benzene rings is 2. The second-order valence-corrected chi connectivity index (χ2v) is 8.46. The summed E-state index contributed by atoms with van der Waals surface area (Å²) in [7, 11) is 4.77. The van der Waals surface area contributed by atoms with Gasteiger partial charge >= 0.3 is 0 Å². The molecule has 1 atom stereocenters. The molecular weight excluding hydrogens is 418 g/mol. The number of fused-ring (bicyclic) bond motifs is 2. The zero-order chi connectivity index (χ0) is 22.9. The fraction of sp³-hybridized carbons (Fsp3) is 0.346. The molecule has 0 amide bonds. The van der Waals surface area contributed by atoms with Crippen LogP contribution in [0.25, 0.3) is 0 Å². The number of anilines is 1. The average Bonchev–Trinajstić information content (AvgIpc) is 2.87. The van der Waals surface area contributed by atoms with E-state index < -0.39 is 0 Å². The van der Waals surface area contributed by atoms with Crippen LogP contribution < -0.4 is 19.1 Å². The average molecular weight is 446 g/mol. The summed E-state index contributed by atoms with van der Waals surface area (Å²) in [5, 5.41) is 0. The number of hydrogen-bond acceptors (Lipinski definition) is 7. The van der Waals surface area contributed by atoms with E-state index in [1.54, 1.807) is 27.5 Å². The van der Waals surface area contributed by atoms with E-state index in [2.05, 4.69) is 34.1 Å². The molecule has 2 aliphatic rings. The lowest BCUT2D eigenvalue weighted by molar-refractivity contribution is 0.0962. The highest BCUT2D eigenvalue weighted by molar-refractivity contribution is 5.98. The largest absolute Gasteiger partial charge is 0.493 e. The third kappa shape index (κ3) is 3.88. The fourth-order valence-corrected chi connectivity index (χ4v) is 4.83. The van der Waals surface area contributed by atoms with Gasteiger partial charge in [0.05, 0.1) is 32.6 Å². The first-order valence-electron chi connectivity index (χ1n) is 11.1. The minimum absolute atomic E-state index is 0.0245. The lowest BCUT2D eigenvalue weighted by atomic mass is 9.82. The van der Waals surface area contributed by atoms with Gasteiger partial charge in [-0.1, -0.05) is 24.3 Å². The van der Waals surface area contributed by atoms with Crippen LogP contribution in [0.1, 0.15) is 45.1 Å². The fourth-order valence-electron chi connectivity index (χ4n) is 4.83. The summed E-state index contributed by atoms with van der Waals surface area (Å²) in [6, 6.07) is 12.3. The van der Waals surface area contributed by atoms with Crippen LogP contribution in [0.2, 0.25) is 0 Å². The number of aromatic nitrogens is 2. The first-order chi connectivity index (χ1) is 16.1. The number of carbonyl (C=O) groups is 1. The van der Waals surface area contributed by atoms with E-state index in [-0.39, 0.29) is 11.7 Å². The highest BCUT2D eigenvalue weighted by Crippen LogP contribution is 2.42. The molecule has 0 N–H and O–H groups in total. The van der Waals surface area contributed by atoms with Crippen molar-refractivity contribution in [3.63, 3.8) is 0 Å². The molecule has 1 aromatic heterocycles. The molecule has 0 radical (unpaired) electrons. The van der Waals surface area contributed by atoms with E-state index in [9.17, 15) is 4.79 Å². The molecule has 3 aromatic rings. The molecule has 5 rings (SSSR count). The van der Waals surface area contributed by atoms with Gasteiger partial charge in [0.15, 0.2) is 17.3 Å². The predicted octanol–water partition coefficient (Wildman–Crippen LogP) is 3.98. The lowest BCUT2D eigenvalue weighted by Gasteiger charge is -2.30. The van der Waals surface area contributed by atoms with Crippen LogP contribution in [0.15, 0.2) is 42.6 Å². The van der Waals surface area contributed by atoms with Gasteiger partial charge in [0, 0.05) is 25.7 Å². The molecule has 1 aliphatic heterocycles. The smallest absolute Gasteiger partial charge is 0.225 e. The van der Waals surface area contributed by atoms with Crippen molar-refractivity contribution < 1.29 is 19.0 Å². The van der Waals surface area contributed by atoms with E-state index in [1.165, 1.54) is 11.1 Å². The summed E-state index contributed by atoms with van der Waals surface area (Å²) in [5.74, 6) is 2.43. The van der Waals surface area contributed by atoms with Gasteiger partial charge in [-0.2, -0.15) is 0 Å². The highest BCUT2D eigenvalue weighted by atomic mass is 16.5. The molecule has 2 aromatic carbocycles. The zero-order valence-corrected chi connectivity index (χ0v) is 19.1. The minimum atomic E-state index is -0.0245. The van der Waals surface area contributed by atoms with Crippen LogP contribution in [0, 0.1) is 0 Å². The molecule has 1 aliphatic carbocycles. The molecule has 170 valence electrons. The Morgan fingerprint density at radius 2 is 1.70 bits per heavy atom. The first-order valence-corrected chi connectivity index (χ1v) is 11.1. The quantitative estimate of drug-likeness (QED) is 0.588. The van der Waals surface area contributed by atoms with Crippen LogP contribution in [0.3, 0.4) is 0 Å². The van der Waals surface area contributed by atoms with Gasteiger partial charge in [0.25, 0.3) is 0 Å². The zero-order valence-electron chi connectivity index (χ0n) is 19.1. The number of methoxy groups -OCH3 is 3. The highest BCUT2D eigenvalue weighted by Gasteiger charge is 2.30. The topological polar surface area (TPSA) is 73.8 Å². The van der Waals surface area contributed by atoms with Crippen molar-refractivity contribution in [2.24, 2.45) is 0 Å². The Bertz CT molecular complexity index is 1180. The Morgan fingerprint density at radius 3 is 2.39 bits per heavy atom. The normalized spacial score (nSPS) is 17.2. The molecule has 33 heavy (non-hydrogen) atoms. The standard InChI is InChI=1S/C26H27N3O4/c1-31-23-12-19(13-24(32-2)25(23)33-3)18-10-21-20(22(30)11-18)14-27-26(28-21)29-9-8-16-6-4-5-7-17(16)15-29/h4-7,12-14,18H,8-11,15H2,1-3H3. The number of rotatable bonds is 5. The molecule has 0 fully saturated rings. The molecule has 0 spiro atoms. The molecular formula is C26H27N3O4. The van der Waals surface area contributed by atoms with Gasteiger partial charge in [-0.05, 0) is 47.6 Å². The number of hydrogen-bond donors (Lipinski definition) is 0.